The van der Waals surface area contributed by atoms with Crippen molar-refractivity contribution in [2.45, 2.75) is 32.7 Å². The highest BCUT2D eigenvalue weighted by molar-refractivity contribution is 5.62. The lowest BCUT2D eigenvalue weighted by molar-refractivity contribution is -0.134. The summed E-state index contributed by atoms with van der Waals surface area (Å²) in [7, 11) is 2.20. The summed E-state index contributed by atoms with van der Waals surface area (Å²) in [6.07, 6.45) is 4.46. The molecule has 1 aromatic rings. The van der Waals surface area contributed by atoms with Gasteiger partial charge in [-0.25, -0.2) is 0 Å². The summed E-state index contributed by atoms with van der Waals surface area (Å²) in [5, 5.41) is 7.42. The van der Waals surface area contributed by atoms with Gasteiger partial charge in [-0.15, -0.1) is 0 Å². The average molecular weight is 236 g/mol. The normalized spacial score (nSPS) is 19.6. The standard InChI is InChI=1S/C11H16N2.C2H4O2/c1-9-10(5-3-7-12-9)11-6-4-8-13(11)2;1-2(3)4/h3,5,7,11H,4,6,8H2,1-2H3;1H3,(H,3,4)/t11-;/m0./s1. The molecule has 4 nitrogen and oxygen atoms in total. The molecule has 1 atom stereocenters. The van der Waals surface area contributed by atoms with Gasteiger partial charge in [0, 0.05) is 24.9 Å². The number of carbonyl (C=O) groups is 1. The number of hydrogen-bond donors (Lipinski definition) is 1. The molecule has 2 rings (SSSR count). The van der Waals surface area contributed by atoms with Crippen LogP contribution in [-0.2, 0) is 4.79 Å². The van der Waals surface area contributed by atoms with E-state index in [0.717, 1.165) is 6.92 Å². The van der Waals surface area contributed by atoms with Crippen molar-refractivity contribution in [2.75, 3.05) is 13.6 Å². The number of likely N-dealkylation sites (tertiary alicyclic amines) is 1. The van der Waals surface area contributed by atoms with E-state index in [9.17, 15) is 0 Å². The molecule has 1 aliphatic heterocycles. The first kappa shape index (κ1) is 13.6. The minimum Gasteiger partial charge on any atom is -0.481 e. The number of aromatic nitrogens is 1. The van der Waals surface area contributed by atoms with Crippen LogP contribution in [0.2, 0.25) is 0 Å². The van der Waals surface area contributed by atoms with Crippen LogP contribution >= 0.6 is 0 Å². The van der Waals surface area contributed by atoms with E-state index in [1.807, 2.05) is 12.3 Å². The minimum absolute atomic E-state index is 0.605. The number of pyridine rings is 1. The summed E-state index contributed by atoms with van der Waals surface area (Å²) in [4.78, 5) is 15.8. The molecule has 1 aromatic heterocycles. The van der Waals surface area contributed by atoms with E-state index in [1.54, 1.807) is 0 Å². The number of hydrogen-bond acceptors (Lipinski definition) is 3. The van der Waals surface area contributed by atoms with Gasteiger partial charge < -0.3 is 5.11 Å². The summed E-state index contributed by atoms with van der Waals surface area (Å²) in [6, 6.07) is 4.84. The van der Waals surface area contributed by atoms with Gasteiger partial charge in [-0.2, -0.15) is 0 Å². The zero-order valence-corrected chi connectivity index (χ0v) is 10.7. The Morgan fingerprint density at radius 1 is 1.59 bits per heavy atom. The zero-order valence-electron chi connectivity index (χ0n) is 10.7. The van der Waals surface area contributed by atoms with Crippen LogP contribution in [0, 0.1) is 6.92 Å². The van der Waals surface area contributed by atoms with Gasteiger partial charge in [-0.05, 0) is 45.0 Å². The largest absolute Gasteiger partial charge is 0.481 e. The number of carboxylic acids is 1. The van der Waals surface area contributed by atoms with Crippen LogP contribution in [-0.4, -0.2) is 34.6 Å². The third-order valence-corrected chi connectivity index (χ3v) is 2.93. The van der Waals surface area contributed by atoms with Crippen molar-refractivity contribution in [2.24, 2.45) is 0 Å². The summed E-state index contributed by atoms with van der Waals surface area (Å²) in [6.45, 7) is 4.40. The first-order chi connectivity index (χ1) is 8.02. The first-order valence-corrected chi connectivity index (χ1v) is 5.83. The maximum absolute atomic E-state index is 9.00. The molecule has 17 heavy (non-hydrogen) atoms. The van der Waals surface area contributed by atoms with Crippen LogP contribution in [0.15, 0.2) is 18.3 Å². The molecule has 0 aliphatic carbocycles. The third-order valence-electron chi connectivity index (χ3n) is 2.93. The molecule has 0 amide bonds. The van der Waals surface area contributed by atoms with Crippen LogP contribution in [0.25, 0.3) is 0 Å². The summed E-state index contributed by atoms with van der Waals surface area (Å²) < 4.78 is 0. The second kappa shape index (κ2) is 6.35. The Labute approximate surface area is 102 Å². The van der Waals surface area contributed by atoms with Crippen LogP contribution in [0.3, 0.4) is 0 Å². The van der Waals surface area contributed by atoms with Crippen molar-refractivity contribution in [1.82, 2.24) is 9.88 Å². The summed E-state index contributed by atoms with van der Waals surface area (Å²) >= 11 is 0. The average Bonchev–Trinajstić information content (AvgIpc) is 2.64. The van der Waals surface area contributed by atoms with Crippen molar-refractivity contribution in [3.05, 3.63) is 29.6 Å². The smallest absolute Gasteiger partial charge is 0.300 e. The van der Waals surface area contributed by atoms with Crippen LogP contribution in [0.1, 0.15) is 37.1 Å². The highest BCUT2D eigenvalue weighted by Crippen LogP contribution is 2.31. The van der Waals surface area contributed by atoms with Crippen molar-refractivity contribution >= 4 is 5.97 Å². The Balaban J connectivity index is 0.000000317. The van der Waals surface area contributed by atoms with Crippen molar-refractivity contribution in [3.63, 3.8) is 0 Å². The topological polar surface area (TPSA) is 53.4 Å². The SMILES string of the molecule is CC(=O)O.Cc1ncccc1[C@@H]1CCCN1C. The molecule has 94 valence electrons. The van der Waals surface area contributed by atoms with Crippen LogP contribution in [0.5, 0.6) is 0 Å². The molecule has 1 fully saturated rings. The fraction of sp³-hybridized carbons (Fsp3) is 0.538. The zero-order chi connectivity index (χ0) is 12.8. The van der Waals surface area contributed by atoms with E-state index >= 15 is 0 Å². The number of carboxylic acid groups (broad SMARTS) is 1. The van der Waals surface area contributed by atoms with Crippen molar-refractivity contribution in [1.29, 1.82) is 0 Å². The van der Waals surface area contributed by atoms with E-state index in [1.165, 1.54) is 30.6 Å². The molecule has 0 unspecified atom stereocenters. The number of aryl methyl sites for hydroxylation is 1. The molecule has 0 bridgehead atoms. The van der Waals surface area contributed by atoms with E-state index in [4.69, 9.17) is 9.90 Å². The molecule has 0 spiro atoms. The first-order valence-electron chi connectivity index (χ1n) is 5.83. The van der Waals surface area contributed by atoms with Gasteiger partial charge >= 0.3 is 0 Å². The lowest BCUT2D eigenvalue weighted by atomic mass is 10.0. The summed E-state index contributed by atoms with van der Waals surface area (Å²) in [5.41, 5.74) is 2.59. The molecule has 4 heteroatoms. The Kier molecular flexibility index (Phi) is 5.10. The van der Waals surface area contributed by atoms with E-state index < -0.39 is 5.97 Å². The molecule has 0 radical (unpaired) electrons. The molecular weight excluding hydrogens is 216 g/mol. The molecule has 1 N–H and O–H groups in total. The van der Waals surface area contributed by atoms with Gasteiger partial charge in [0.15, 0.2) is 0 Å². The van der Waals surface area contributed by atoms with Gasteiger partial charge in [0.1, 0.15) is 0 Å². The Bertz CT molecular complexity index is 375. The number of nitrogens with zero attached hydrogens (tertiary/aromatic N) is 2. The second-order valence-electron chi connectivity index (χ2n) is 4.34. The maximum Gasteiger partial charge on any atom is 0.300 e. The van der Waals surface area contributed by atoms with E-state index in [0.29, 0.717) is 6.04 Å². The molecule has 1 aliphatic rings. The molecule has 0 saturated carbocycles. The minimum atomic E-state index is -0.833. The molecule has 2 heterocycles. The highest BCUT2D eigenvalue weighted by atomic mass is 16.4. The van der Waals surface area contributed by atoms with Crippen molar-refractivity contribution < 1.29 is 9.90 Å². The van der Waals surface area contributed by atoms with Gasteiger partial charge in [0.05, 0.1) is 0 Å². The monoisotopic (exact) mass is 236 g/mol. The fourth-order valence-electron chi connectivity index (χ4n) is 2.15. The number of rotatable bonds is 1. The van der Waals surface area contributed by atoms with Crippen LogP contribution < -0.4 is 0 Å². The van der Waals surface area contributed by atoms with Crippen molar-refractivity contribution in [3.8, 4) is 0 Å². The second-order valence-corrected chi connectivity index (χ2v) is 4.34. The maximum atomic E-state index is 9.00. The van der Waals surface area contributed by atoms with Gasteiger partial charge in [0.25, 0.3) is 5.97 Å². The predicted octanol–water partition coefficient (Wildman–Crippen LogP) is 2.25. The molecular formula is C13H20N2O2. The lowest BCUT2D eigenvalue weighted by Crippen LogP contribution is -2.18. The third kappa shape index (κ3) is 4.15. The van der Waals surface area contributed by atoms with Gasteiger partial charge in [-0.1, -0.05) is 6.07 Å². The Morgan fingerprint density at radius 3 is 2.71 bits per heavy atom. The van der Waals surface area contributed by atoms with E-state index in [-0.39, 0.29) is 0 Å². The highest BCUT2D eigenvalue weighted by Gasteiger charge is 2.23. The fourth-order valence-corrected chi connectivity index (χ4v) is 2.15. The van der Waals surface area contributed by atoms with Crippen LogP contribution in [0.4, 0.5) is 0 Å². The summed E-state index contributed by atoms with van der Waals surface area (Å²) in [5.74, 6) is -0.833. The quantitative estimate of drug-likeness (QED) is 0.812. The predicted molar refractivity (Wildman–Crippen MR) is 66.9 cm³/mol. The van der Waals surface area contributed by atoms with Gasteiger partial charge in [0.2, 0.25) is 0 Å². The Morgan fingerprint density at radius 2 is 2.24 bits per heavy atom. The van der Waals surface area contributed by atoms with E-state index in [2.05, 4.69) is 29.9 Å². The lowest BCUT2D eigenvalue weighted by Gasteiger charge is -2.20. The molecule has 0 aromatic carbocycles. The Hall–Kier alpha value is -1.42. The van der Waals surface area contributed by atoms with Gasteiger partial charge in [-0.3, -0.25) is 14.7 Å². The number of aliphatic carboxylic acids is 1. The molecule has 1 saturated heterocycles.